The minimum absolute atomic E-state index is 0.0676. The highest BCUT2D eigenvalue weighted by atomic mass is 16.5. The Morgan fingerprint density at radius 3 is 2.87 bits per heavy atom. The van der Waals surface area contributed by atoms with Gasteiger partial charge in [-0.25, -0.2) is 9.78 Å². The largest absolute Gasteiger partial charge is 0.506 e. The molecule has 1 aromatic heterocycles. The molecule has 0 bridgehead atoms. The summed E-state index contributed by atoms with van der Waals surface area (Å²) in [6.45, 7) is 7.29. The van der Waals surface area contributed by atoms with Crippen LogP contribution in [0.5, 0.6) is 5.75 Å². The molecule has 0 saturated carbocycles. The molecule has 1 aromatic rings. The van der Waals surface area contributed by atoms with E-state index in [0.717, 1.165) is 0 Å². The molecule has 1 N–H and O–H groups in total. The van der Waals surface area contributed by atoms with E-state index in [9.17, 15) is 9.90 Å². The number of aromatic nitrogens is 1. The maximum Gasteiger partial charge on any atom is 0.339 e. The topological polar surface area (TPSA) is 59.4 Å². The van der Waals surface area contributed by atoms with Crippen molar-refractivity contribution in [3.05, 3.63) is 30.1 Å². The number of rotatable bonds is 3. The Labute approximate surface area is 88.2 Å². The Morgan fingerprint density at radius 2 is 2.27 bits per heavy atom. The normalized spacial score (nSPS) is 9.73. The van der Waals surface area contributed by atoms with E-state index in [2.05, 4.69) is 11.6 Å². The first-order valence-corrected chi connectivity index (χ1v) is 4.59. The molecule has 1 heterocycles. The minimum Gasteiger partial charge on any atom is -0.506 e. The van der Waals surface area contributed by atoms with Gasteiger partial charge in [0.15, 0.2) is 0 Å². The summed E-state index contributed by atoms with van der Waals surface area (Å²) in [5, 5.41) is 9.49. The molecule has 0 saturated heterocycles. The fraction of sp³-hybridized carbons (Fsp3) is 0.273. The number of pyridine rings is 1. The molecule has 0 aliphatic carbocycles. The molecular weight excluding hydrogens is 194 g/mol. The van der Waals surface area contributed by atoms with Crippen LogP contribution >= 0.6 is 0 Å². The first kappa shape index (κ1) is 11.2. The van der Waals surface area contributed by atoms with Crippen LogP contribution in [0, 0.1) is 6.92 Å². The van der Waals surface area contributed by atoms with Crippen LogP contribution in [0.25, 0.3) is 5.57 Å². The molecular formula is C11H13NO3. The van der Waals surface area contributed by atoms with Gasteiger partial charge in [-0.3, -0.25) is 0 Å². The third-order valence-electron chi connectivity index (χ3n) is 1.82. The van der Waals surface area contributed by atoms with Gasteiger partial charge < -0.3 is 9.84 Å². The second kappa shape index (κ2) is 4.59. The second-order valence-corrected chi connectivity index (χ2v) is 3.02. The van der Waals surface area contributed by atoms with Crippen molar-refractivity contribution in [3.8, 4) is 5.75 Å². The molecule has 0 spiro atoms. The van der Waals surface area contributed by atoms with Crippen molar-refractivity contribution >= 4 is 11.5 Å². The number of esters is 1. The van der Waals surface area contributed by atoms with E-state index >= 15 is 0 Å². The second-order valence-electron chi connectivity index (χ2n) is 3.02. The highest BCUT2D eigenvalue weighted by molar-refractivity contribution is 6.15. The molecule has 4 heteroatoms. The molecule has 4 nitrogen and oxygen atoms in total. The zero-order valence-corrected chi connectivity index (χ0v) is 8.78. The van der Waals surface area contributed by atoms with Gasteiger partial charge in [-0.15, -0.1) is 0 Å². The number of aromatic hydroxyl groups is 1. The fourth-order valence-electron chi connectivity index (χ4n) is 1.09. The molecule has 15 heavy (non-hydrogen) atoms. The molecule has 0 radical (unpaired) electrons. The predicted octanol–water partition coefficient (Wildman–Crippen LogP) is 1.67. The zero-order valence-electron chi connectivity index (χ0n) is 8.78. The monoisotopic (exact) mass is 207 g/mol. The van der Waals surface area contributed by atoms with Gasteiger partial charge in [-0.05, 0) is 26.0 Å². The molecule has 80 valence electrons. The lowest BCUT2D eigenvalue weighted by Crippen LogP contribution is -2.07. The maximum absolute atomic E-state index is 11.3. The zero-order chi connectivity index (χ0) is 11.4. The van der Waals surface area contributed by atoms with Gasteiger partial charge in [0.1, 0.15) is 11.4 Å². The number of nitrogens with zero attached hydrogens (tertiary/aromatic N) is 1. The third-order valence-corrected chi connectivity index (χ3v) is 1.82. The van der Waals surface area contributed by atoms with Crippen molar-refractivity contribution in [3.63, 3.8) is 0 Å². The van der Waals surface area contributed by atoms with Crippen LogP contribution in [0.15, 0.2) is 18.7 Å². The summed E-state index contributed by atoms with van der Waals surface area (Å²) >= 11 is 0. The van der Waals surface area contributed by atoms with E-state index in [1.54, 1.807) is 19.9 Å². The Bertz CT molecular complexity index is 399. The number of carbonyl (C=O) groups excluding carboxylic acids is 1. The average molecular weight is 207 g/mol. The average Bonchev–Trinajstić information content (AvgIpc) is 2.21. The van der Waals surface area contributed by atoms with Crippen molar-refractivity contribution in [1.29, 1.82) is 0 Å². The van der Waals surface area contributed by atoms with Gasteiger partial charge >= 0.3 is 5.97 Å². The molecule has 0 unspecified atom stereocenters. The summed E-state index contributed by atoms with van der Waals surface area (Å²) < 4.78 is 4.76. The number of carbonyl (C=O) groups is 1. The van der Waals surface area contributed by atoms with Gasteiger partial charge in [0.05, 0.1) is 12.2 Å². The lowest BCUT2D eigenvalue weighted by molar-refractivity contribution is -0.136. The van der Waals surface area contributed by atoms with Crippen LogP contribution < -0.4 is 0 Å². The van der Waals surface area contributed by atoms with E-state index < -0.39 is 5.97 Å². The lowest BCUT2D eigenvalue weighted by Gasteiger charge is -2.07. The van der Waals surface area contributed by atoms with Gasteiger partial charge in [-0.1, -0.05) is 6.58 Å². The number of aryl methyl sites for hydroxylation is 1. The molecule has 0 aromatic carbocycles. The standard InChI is InChI=1S/C11H13NO3/c1-4-15-11(14)8(3)10-9(13)6-5-7(2)12-10/h5-6,13H,3-4H2,1-2H3. The molecule has 0 aliphatic rings. The summed E-state index contributed by atoms with van der Waals surface area (Å²) in [7, 11) is 0. The first-order valence-electron chi connectivity index (χ1n) is 4.59. The first-order chi connectivity index (χ1) is 7.06. The fourth-order valence-corrected chi connectivity index (χ4v) is 1.09. The van der Waals surface area contributed by atoms with Crippen molar-refractivity contribution in [1.82, 2.24) is 4.98 Å². The van der Waals surface area contributed by atoms with Gasteiger partial charge in [0, 0.05) is 5.69 Å². The minimum atomic E-state index is -0.564. The van der Waals surface area contributed by atoms with Crippen LogP contribution in [-0.2, 0) is 9.53 Å². The molecule has 0 amide bonds. The van der Waals surface area contributed by atoms with Crippen molar-refractivity contribution in [2.45, 2.75) is 13.8 Å². The number of hydrogen-bond acceptors (Lipinski definition) is 4. The highest BCUT2D eigenvalue weighted by Crippen LogP contribution is 2.22. The van der Waals surface area contributed by atoms with Crippen molar-refractivity contribution < 1.29 is 14.6 Å². The molecule has 0 fully saturated rings. The summed E-state index contributed by atoms with van der Waals surface area (Å²) in [6, 6.07) is 3.12. The van der Waals surface area contributed by atoms with E-state index in [1.165, 1.54) is 6.07 Å². The van der Waals surface area contributed by atoms with Crippen molar-refractivity contribution in [2.75, 3.05) is 6.61 Å². The number of hydrogen-bond donors (Lipinski definition) is 1. The molecule has 0 atom stereocenters. The van der Waals surface area contributed by atoms with Crippen LogP contribution in [0.2, 0.25) is 0 Å². The summed E-state index contributed by atoms with van der Waals surface area (Å²) in [6.07, 6.45) is 0. The smallest absolute Gasteiger partial charge is 0.339 e. The van der Waals surface area contributed by atoms with E-state index in [4.69, 9.17) is 4.74 Å². The van der Waals surface area contributed by atoms with E-state index in [0.29, 0.717) is 5.69 Å². The van der Waals surface area contributed by atoms with Crippen LogP contribution in [0.1, 0.15) is 18.3 Å². The SMILES string of the molecule is C=C(C(=O)OCC)c1nc(C)ccc1O. The molecule has 1 rings (SSSR count). The number of ether oxygens (including phenoxy) is 1. The van der Waals surface area contributed by atoms with Crippen molar-refractivity contribution in [2.24, 2.45) is 0 Å². The summed E-state index contributed by atoms with van der Waals surface area (Å²) in [5.74, 6) is -0.635. The predicted molar refractivity (Wildman–Crippen MR) is 56.3 cm³/mol. The Balaban J connectivity index is 3.00. The van der Waals surface area contributed by atoms with Crippen LogP contribution in [0.3, 0.4) is 0 Å². The van der Waals surface area contributed by atoms with Gasteiger partial charge in [0.2, 0.25) is 0 Å². The lowest BCUT2D eigenvalue weighted by atomic mass is 10.1. The summed E-state index contributed by atoms with van der Waals surface area (Å²) in [5.41, 5.74) is 0.944. The third kappa shape index (κ3) is 2.56. The quantitative estimate of drug-likeness (QED) is 0.605. The Kier molecular flexibility index (Phi) is 3.44. The maximum atomic E-state index is 11.3. The summed E-state index contributed by atoms with van der Waals surface area (Å²) in [4.78, 5) is 15.4. The van der Waals surface area contributed by atoms with Gasteiger partial charge in [-0.2, -0.15) is 0 Å². The Morgan fingerprint density at radius 1 is 1.60 bits per heavy atom. The van der Waals surface area contributed by atoms with Crippen LogP contribution in [0.4, 0.5) is 0 Å². The van der Waals surface area contributed by atoms with Crippen LogP contribution in [-0.4, -0.2) is 22.7 Å². The highest BCUT2D eigenvalue weighted by Gasteiger charge is 2.15. The van der Waals surface area contributed by atoms with E-state index in [-0.39, 0.29) is 23.6 Å². The van der Waals surface area contributed by atoms with Gasteiger partial charge in [0.25, 0.3) is 0 Å². The Hall–Kier alpha value is -1.84. The van der Waals surface area contributed by atoms with E-state index in [1.807, 2.05) is 0 Å². The molecule has 0 aliphatic heterocycles.